The van der Waals surface area contributed by atoms with Crippen LogP contribution >= 0.6 is 0 Å². The van der Waals surface area contributed by atoms with Crippen LogP contribution in [-0.2, 0) is 14.3 Å². The molecule has 53 heavy (non-hydrogen) atoms. The zero-order valence-corrected chi connectivity index (χ0v) is 36.1. The lowest BCUT2D eigenvalue weighted by molar-refractivity contribution is -0.150. The lowest BCUT2D eigenvalue weighted by Gasteiger charge is -2.18. The summed E-state index contributed by atoms with van der Waals surface area (Å²) in [7, 11) is 0. The van der Waals surface area contributed by atoms with E-state index in [9.17, 15) is 9.59 Å². The maximum atomic E-state index is 12.7. The Morgan fingerprint density at radius 3 is 1.09 bits per heavy atom. The molecule has 0 aliphatic carbocycles. The number of rotatable bonds is 45. The van der Waals surface area contributed by atoms with Gasteiger partial charge in [0, 0.05) is 12.8 Å². The normalized spacial score (nSPS) is 12.2. The third-order valence-electron chi connectivity index (χ3n) is 11.2. The number of hydrogen-bond donors (Lipinski definition) is 1. The van der Waals surface area contributed by atoms with E-state index in [1.165, 1.54) is 186 Å². The molecule has 1 atom stereocenters. The van der Waals surface area contributed by atoms with Gasteiger partial charge in [-0.2, -0.15) is 0 Å². The molecule has 0 amide bonds. The van der Waals surface area contributed by atoms with Gasteiger partial charge in [-0.15, -0.1) is 0 Å². The Hall–Kier alpha value is -1.32. The van der Waals surface area contributed by atoms with Crippen molar-refractivity contribution >= 4 is 11.9 Å². The summed E-state index contributed by atoms with van der Waals surface area (Å²) in [6.07, 6.45) is 56.9. The van der Waals surface area contributed by atoms with Crippen molar-refractivity contribution in [1.29, 1.82) is 0 Å². The highest BCUT2D eigenvalue weighted by molar-refractivity contribution is 5.69. The standard InChI is InChI=1S/C49H94O4/c1-3-5-7-9-11-13-15-17-18-19-20-21-22-23-24-25-27-29-31-33-38-42-46-49(52)53-47(44-40-36-34-37-41-45-48(50)51)43-39-35-32-30-28-26-16-14-12-10-8-6-4-2/h30,32,47H,3-29,31,33-46H2,1-2H3,(H,50,51)/b32-30-. The van der Waals surface area contributed by atoms with E-state index in [4.69, 9.17) is 9.84 Å². The Bertz CT molecular complexity index is 762. The molecule has 4 nitrogen and oxygen atoms in total. The second-order valence-corrected chi connectivity index (χ2v) is 16.7. The third kappa shape index (κ3) is 45.0. The zero-order valence-electron chi connectivity index (χ0n) is 36.1. The van der Waals surface area contributed by atoms with Crippen molar-refractivity contribution in [3.63, 3.8) is 0 Å². The first-order chi connectivity index (χ1) is 26.1. The molecular weight excluding hydrogens is 653 g/mol. The van der Waals surface area contributed by atoms with Gasteiger partial charge >= 0.3 is 11.9 Å². The summed E-state index contributed by atoms with van der Waals surface area (Å²) >= 11 is 0. The quantitative estimate of drug-likeness (QED) is 0.0383. The fourth-order valence-electron chi connectivity index (χ4n) is 7.66. The van der Waals surface area contributed by atoms with Crippen LogP contribution in [0.15, 0.2) is 12.2 Å². The molecule has 0 radical (unpaired) electrons. The van der Waals surface area contributed by atoms with Gasteiger partial charge in [0.25, 0.3) is 0 Å². The molecule has 0 aliphatic heterocycles. The molecule has 1 unspecified atom stereocenters. The Morgan fingerprint density at radius 2 is 0.698 bits per heavy atom. The molecule has 0 spiro atoms. The molecule has 1 N–H and O–H groups in total. The molecule has 0 aromatic carbocycles. The van der Waals surface area contributed by atoms with E-state index in [0.29, 0.717) is 6.42 Å². The predicted molar refractivity (Wildman–Crippen MR) is 232 cm³/mol. The highest BCUT2D eigenvalue weighted by atomic mass is 16.5. The summed E-state index contributed by atoms with van der Waals surface area (Å²) in [5.74, 6) is -0.704. The molecule has 0 aromatic heterocycles. The van der Waals surface area contributed by atoms with Crippen molar-refractivity contribution in [2.45, 2.75) is 290 Å². The molecule has 0 aromatic rings. The van der Waals surface area contributed by atoms with Gasteiger partial charge in [-0.3, -0.25) is 9.59 Å². The topological polar surface area (TPSA) is 63.6 Å². The number of carbonyl (C=O) groups excluding carboxylic acids is 1. The molecule has 4 heteroatoms. The van der Waals surface area contributed by atoms with E-state index < -0.39 is 5.97 Å². The summed E-state index contributed by atoms with van der Waals surface area (Å²) in [6, 6.07) is 0. The Balaban J connectivity index is 3.88. The molecule has 0 aliphatic rings. The van der Waals surface area contributed by atoms with Crippen LogP contribution in [0.1, 0.15) is 284 Å². The average molecular weight is 747 g/mol. The summed E-state index contributed by atoms with van der Waals surface area (Å²) in [4.78, 5) is 23.5. The summed E-state index contributed by atoms with van der Waals surface area (Å²) in [6.45, 7) is 4.57. The van der Waals surface area contributed by atoms with Crippen molar-refractivity contribution in [2.24, 2.45) is 0 Å². The second kappa shape index (κ2) is 45.1. The van der Waals surface area contributed by atoms with Crippen LogP contribution in [0.4, 0.5) is 0 Å². The van der Waals surface area contributed by atoms with Crippen molar-refractivity contribution in [1.82, 2.24) is 0 Å². The number of carbonyl (C=O) groups is 2. The summed E-state index contributed by atoms with van der Waals surface area (Å²) in [5.41, 5.74) is 0. The average Bonchev–Trinajstić information content (AvgIpc) is 3.14. The molecule has 0 saturated carbocycles. The van der Waals surface area contributed by atoms with E-state index >= 15 is 0 Å². The molecular formula is C49H94O4. The molecule has 0 bridgehead atoms. The fraction of sp³-hybridized carbons (Fsp3) is 0.918. The van der Waals surface area contributed by atoms with Gasteiger partial charge < -0.3 is 9.84 Å². The maximum Gasteiger partial charge on any atom is 0.306 e. The highest BCUT2D eigenvalue weighted by Gasteiger charge is 2.14. The van der Waals surface area contributed by atoms with E-state index in [1.54, 1.807) is 0 Å². The first kappa shape index (κ1) is 51.7. The Labute approximate surface area is 332 Å². The number of unbranched alkanes of at least 4 members (excludes halogenated alkanes) is 34. The number of allylic oxidation sites excluding steroid dienone is 2. The number of hydrogen-bond acceptors (Lipinski definition) is 3. The number of carboxylic acid groups (broad SMARTS) is 1. The number of ether oxygens (including phenoxy) is 1. The minimum Gasteiger partial charge on any atom is -0.481 e. The second-order valence-electron chi connectivity index (χ2n) is 16.7. The van der Waals surface area contributed by atoms with Crippen LogP contribution < -0.4 is 0 Å². The lowest BCUT2D eigenvalue weighted by atomic mass is 10.0. The van der Waals surface area contributed by atoms with Crippen molar-refractivity contribution in [2.75, 3.05) is 0 Å². The minimum absolute atomic E-state index is 0.00476. The summed E-state index contributed by atoms with van der Waals surface area (Å²) < 4.78 is 6.02. The minimum atomic E-state index is -0.700. The van der Waals surface area contributed by atoms with Crippen LogP contribution in [0.25, 0.3) is 0 Å². The monoisotopic (exact) mass is 747 g/mol. The first-order valence-corrected chi connectivity index (χ1v) is 24.2. The smallest absolute Gasteiger partial charge is 0.306 e. The van der Waals surface area contributed by atoms with Crippen molar-refractivity contribution in [3.8, 4) is 0 Å². The van der Waals surface area contributed by atoms with Crippen LogP contribution in [0.3, 0.4) is 0 Å². The van der Waals surface area contributed by atoms with Crippen molar-refractivity contribution < 1.29 is 19.4 Å². The third-order valence-corrected chi connectivity index (χ3v) is 11.2. The van der Waals surface area contributed by atoms with Gasteiger partial charge in [-0.25, -0.2) is 0 Å². The molecule has 0 rings (SSSR count). The van der Waals surface area contributed by atoms with Crippen LogP contribution in [0.5, 0.6) is 0 Å². The molecule has 314 valence electrons. The summed E-state index contributed by atoms with van der Waals surface area (Å²) in [5, 5.41) is 8.85. The largest absolute Gasteiger partial charge is 0.481 e. The lowest BCUT2D eigenvalue weighted by Crippen LogP contribution is -2.18. The predicted octanol–water partition coefficient (Wildman–Crippen LogP) is 17.0. The Kier molecular flexibility index (Phi) is 43.9. The van der Waals surface area contributed by atoms with Crippen LogP contribution in [0, 0.1) is 0 Å². The fourth-order valence-corrected chi connectivity index (χ4v) is 7.66. The van der Waals surface area contributed by atoms with Crippen molar-refractivity contribution in [3.05, 3.63) is 12.2 Å². The van der Waals surface area contributed by atoms with Gasteiger partial charge in [0.05, 0.1) is 0 Å². The van der Waals surface area contributed by atoms with Gasteiger partial charge in [0.1, 0.15) is 6.10 Å². The highest BCUT2D eigenvalue weighted by Crippen LogP contribution is 2.19. The maximum absolute atomic E-state index is 12.7. The molecule has 0 fully saturated rings. The first-order valence-electron chi connectivity index (χ1n) is 24.2. The van der Waals surface area contributed by atoms with Crippen LogP contribution in [-0.4, -0.2) is 23.1 Å². The van der Waals surface area contributed by atoms with E-state index in [1.807, 2.05) is 0 Å². The Morgan fingerprint density at radius 1 is 0.396 bits per heavy atom. The number of esters is 1. The van der Waals surface area contributed by atoms with Gasteiger partial charge in [-0.05, 0) is 57.8 Å². The van der Waals surface area contributed by atoms with Gasteiger partial charge in [0.2, 0.25) is 0 Å². The SMILES string of the molecule is CCCCCCCCCC/C=C\CCCC(CCCCCCCC(=O)O)OC(=O)CCCCCCCCCCCCCCCCCCCCCCCC. The molecule has 0 saturated heterocycles. The van der Waals surface area contributed by atoms with E-state index in [-0.39, 0.29) is 18.5 Å². The number of carboxylic acids is 1. The molecule has 0 heterocycles. The van der Waals surface area contributed by atoms with E-state index in [0.717, 1.165) is 70.6 Å². The van der Waals surface area contributed by atoms with Crippen LogP contribution in [0.2, 0.25) is 0 Å². The van der Waals surface area contributed by atoms with Gasteiger partial charge in [-0.1, -0.05) is 225 Å². The zero-order chi connectivity index (χ0) is 38.6. The van der Waals surface area contributed by atoms with Gasteiger partial charge in [0.15, 0.2) is 0 Å². The van der Waals surface area contributed by atoms with E-state index in [2.05, 4.69) is 26.0 Å². The number of aliphatic carboxylic acids is 1.